The van der Waals surface area contributed by atoms with Crippen LogP contribution in [0, 0.1) is 11.3 Å². The summed E-state index contributed by atoms with van der Waals surface area (Å²) in [7, 11) is 0. The summed E-state index contributed by atoms with van der Waals surface area (Å²) >= 11 is 5.91. The fraction of sp³-hybridized carbons (Fsp3) is 0. The molecule has 0 radical (unpaired) electrons. The summed E-state index contributed by atoms with van der Waals surface area (Å²) in [5.74, 6) is 0.859. The van der Waals surface area contributed by atoms with Gasteiger partial charge in [0.2, 0.25) is 0 Å². The van der Waals surface area contributed by atoms with Gasteiger partial charge in [-0.05, 0) is 18.2 Å². The van der Waals surface area contributed by atoms with Gasteiger partial charge in [-0.15, -0.1) is 0 Å². The molecule has 0 bridgehead atoms. The van der Waals surface area contributed by atoms with Crippen LogP contribution in [-0.4, -0.2) is 4.98 Å². The summed E-state index contributed by atoms with van der Waals surface area (Å²) in [6.07, 6.45) is 3.03. The molecular weight excluding hydrogens is 238 g/mol. The van der Waals surface area contributed by atoms with E-state index in [9.17, 15) is 0 Å². The molecule has 0 amide bonds. The minimum absolute atomic E-state index is 0.359. The summed E-state index contributed by atoms with van der Waals surface area (Å²) < 4.78 is 5.54. The Bertz CT molecular complexity index is 593. The number of aromatic nitrogens is 1. The number of rotatable bonds is 2. The highest BCUT2D eigenvalue weighted by atomic mass is 35.5. The predicted octanol–water partition coefficient (Wildman–Crippen LogP) is 2.98. The number of nitrogens with two attached hydrogens (primary N) is 1. The first-order chi connectivity index (χ1) is 8.20. The molecule has 2 aromatic rings. The maximum absolute atomic E-state index is 8.96. The monoisotopic (exact) mass is 245 g/mol. The third-order valence-electron chi connectivity index (χ3n) is 2.08. The second-order valence-corrected chi connectivity index (χ2v) is 3.68. The van der Waals surface area contributed by atoms with E-state index in [2.05, 4.69) is 4.98 Å². The van der Waals surface area contributed by atoms with Crippen molar-refractivity contribution < 1.29 is 4.74 Å². The molecule has 1 aromatic heterocycles. The van der Waals surface area contributed by atoms with Crippen molar-refractivity contribution in [2.24, 2.45) is 0 Å². The van der Waals surface area contributed by atoms with Crippen LogP contribution in [0.25, 0.3) is 0 Å². The lowest BCUT2D eigenvalue weighted by Gasteiger charge is -2.08. The van der Waals surface area contributed by atoms with Gasteiger partial charge in [-0.2, -0.15) is 5.26 Å². The standard InChI is InChI=1S/C12H8ClN3O/c13-10-7-16-4-3-12(10)17-11-2-1-9(15)5-8(11)6-14/h1-5,7H,15H2. The Balaban J connectivity index is 2.37. The number of nitrogens with zero attached hydrogens (tertiary/aromatic N) is 2. The molecular formula is C12H8ClN3O. The van der Waals surface area contributed by atoms with Gasteiger partial charge in [-0.3, -0.25) is 4.98 Å². The molecule has 1 aromatic carbocycles. The second kappa shape index (κ2) is 4.73. The average molecular weight is 246 g/mol. The SMILES string of the molecule is N#Cc1cc(N)ccc1Oc1ccncc1Cl. The van der Waals surface area contributed by atoms with Gasteiger partial charge in [0, 0.05) is 24.1 Å². The van der Waals surface area contributed by atoms with Crippen LogP contribution in [0.2, 0.25) is 5.02 Å². The van der Waals surface area contributed by atoms with Gasteiger partial charge in [-0.1, -0.05) is 11.6 Å². The number of pyridine rings is 1. The van der Waals surface area contributed by atoms with E-state index in [0.29, 0.717) is 27.8 Å². The summed E-state index contributed by atoms with van der Waals surface area (Å²) in [5.41, 5.74) is 6.45. The molecule has 0 saturated heterocycles. The molecule has 0 aliphatic carbocycles. The maximum Gasteiger partial charge on any atom is 0.149 e. The molecule has 5 heteroatoms. The summed E-state index contributed by atoms with van der Waals surface area (Å²) in [4.78, 5) is 3.85. The normalized spacial score (nSPS) is 9.65. The lowest BCUT2D eigenvalue weighted by molar-refractivity contribution is 0.480. The first kappa shape index (κ1) is 11.2. The van der Waals surface area contributed by atoms with Crippen molar-refractivity contribution in [3.8, 4) is 17.6 Å². The van der Waals surface area contributed by atoms with Crippen molar-refractivity contribution in [2.75, 3.05) is 5.73 Å². The van der Waals surface area contributed by atoms with Crippen molar-refractivity contribution in [1.82, 2.24) is 4.98 Å². The lowest BCUT2D eigenvalue weighted by atomic mass is 10.2. The number of halogens is 1. The van der Waals surface area contributed by atoms with E-state index in [4.69, 9.17) is 27.3 Å². The minimum atomic E-state index is 0.359. The highest BCUT2D eigenvalue weighted by molar-refractivity contribution is 6.31. The Morgan fingerprint density at radius 2 is 2.12 bits per heavy atom. The lowest BCUT2D eigenvalue weighted by Crippen LogP contribution is -1.92. The van der Waals surface area contributed by atoms with Gasteiger partial charge >= 0.3 is 0 Å². The van der Waals surface area contributed by atoms with Gasteiger partial charge in [0.05, 0.1) is 5.56 Å². The zero-order valence-corrected chi connectivity index (χ0v) is 9.48. The molecule has 0 unspecified atom stereocenters. The zero-order valence-electron chi connectivity index (χ0n) is 8.72. The number of nitrogen functional groups attached to an aromatic ring is 1. The Labute approximate surface area is 103 Å². The summed E-state index contributed by atoms with van der Waals surface area (Å²) in [6.45, 7) is 0. The number of anilines is 1. The molecule has 0 aliphatic rings. The molecule has 17 heavy (non-hydrogen) atoms. The van der Waals surface area contributed by atoms with Gasteiger partial charge in [-0.25, -0.2) is 0 Å². The first-order valence-electron chi connectivity index (χ1n) is 4.77. The van der Waals surface area contributed by atoms with Crippen LogP contribution < -0.4 is 10.5 Å². The number of ether oxygens (including phenoxy) is 1. The molecule has 1 heterocycles. The fourth-order valence-electron chi connectivity index (χ4n) is 1.29. The number of benzene rings is 1. The molecule has 2 rings (SSSR count). The molecule has 84 valence electrons. The summed E-state index contributed by atoms with van der Waals surface area (Å²) in [6, 6.07) is 8.47. The van der Waals surface area contributed by atoms with E-state index in [1.54, 1.807) is 30.5 Å². The van der Waals surface area contributed by atoms with Crippen LogP contribution in [0.4, 0.5) is 5.69 Å². The van der Waals surface area contributed by atoms with Crippen molar-refractivity contribution >= 4 is 17.3 Å². The first-order valence-corrected chi connectivity index (χ1v) is 5.15. The largest absolute Gasteiger partial charge is 0.454 e. The Kier molecular flexibility index (Phi) is 3.12. The highest BCUT2D eigenvalue weighted by Crippen LogP contribution is 2.30. The van der Waals surface area contributed by atoms with E-state index >= 15 is 0 Å². The van der Waals surface area contributed by atoms with E-state index < -0.39 is 0 Å². The Hall–Kier alpha value is -2.25. The van der Waals surface area contributed by atoms with Gasteiger partial charge in [0.1, 0.15) is 22.6 Å². The van der Waals surface area contributed by atoms with Crippen molar-refractivity contribution in [3.05, 3.63) is 47.2 Å². The number of hydrogen-bond acceptors (Lipinski definition) is 4. The van der Waals surface area contributed by atoms with Gasteiger partial charge in [0.25, 0.3) is 0 Å². The maximum atomic E-state index is 8.96. The van der Waals surface area contributed by atoms with Crippen LogP contribution >= 0.6 is 11.6 Å². The minimum Gasteiger partial charge on any atom is -0.454 e. The van der Waals surface area contributed by atoms with Crippen LogP contribution in [0.15, 0.2) is 36.7 Å². The van der Waals surface area contributed by atoms with Gasteiger partial charge < -0.3 is 10.5 Å². The molecule has 0 atom stereocenters. The van der Waals surface area contributed by atoms with Crippen LogP contribution in [-0.2, 0) is 0 Å². The fourth-order valence-corrected chi connectivity index (χ4v) is 1.45. The highest BCUT2D eigenvalue weighted by Gasteiger charge is 2.07. The quantitative estimate of drug-likeness (QED) is 0.826. The van der Waals surface area contributed by atoms with Crippen molar-refractivity contribution in [3.63, 3.8) is 0 Å². The number of hydrogen-bond donors (Lipinski definition) is 1. The third-order valence-corrected chi connectivity index (χ3v) is 2.36. The van der Waals surface area contributed by atoms with E-state index in [0.717, 1.165) is 0 Å². The molecule has 2 N–H and O–H groups in total. The predicted molar refractivity (Wildman–Crippen MR) is 64.9 cm³/mol. The summed E-state index contributed by atoms with van der Waals surface area (Å²) in [5, 5.41) is 9.34. The van der Waals surface area contributed by atoms with Crippen molar-refractivity contribution in [1.29, 1.82) is 5.26 Å². The van der Waals surface area contributed by atoms with Crippen LogP contribution in [0.1, 0.15) is 5.56 Å². The topological polar surface area (TPSA) is 71.9 Å². The van der Waals surface area contributed by atoms with Crippen LogP contribution in [0.5, 0.6) is 11.5 Å². The van der Waals surface area contributed by atoms with E-state index in [1.807, 2.05) is 6.07 Å². The number of nitriles is 1. The third kappa shape index (κ3) is 2.47. The molecule has 0 spiro atoms. The van der Waals surface area contributed by atoms with Crippen LogP contribution in [0.3, 0.4) is 0 Å². The average Bonchev–Trinajstić information content (AvgIpc) is 2.34. The molecule has 0 aliphatic heterocycles. The van der Waals surface area contributed by atoms with Crippen molar-refractivity contribution in [2.45, 2.75) is 0 Å². The van der Waals surface area contributed by atoms with E-state index in [-0.39, 0.29) is 0 Å². The molecule has 0 fully saturated rings. The molecule has 0 saturated carbocycles. The van der Waals surface area contributed by atoms with Gasteiger partial charge in [0.15, 0.2) is 0 Å². The van der Waals surface area contributed by atoms with E-state index in [1.165, 1.54) is 6.20 Å². The Morgan fingerprint density at radius 3 is 2.82 bits per heavy atom. The zero-order chi connectivity index (χ0) is 12.3. The molecule has 4 nitrogen and oxygen atoms in total. The Morgan fingerprint density at radius 1 is 1.29 bits per heavy atom. The smallest absolute Gasteiger partial charge is 0.149 e. The second-order valence-electron chi connectivity index (χ2n) is 3.28.